The van der Waals surface area contributed by atoms with Crippen molar-refractivity contribution in [3.05, 3.63) is 23.8 Å². The van der Waals surface area contributed by atoms with Crippen LogP contribution in [0.4, 0.5) is 11.4 Å². The number of fused-ring (bicyclic) bond motifs is 3. The third-order valence-corrected chi connectivity index (χ3v) is 5.53. The van der Waals surface area contributed by atoms with E-state index in [2.05, 4.69) is 10.2 Å². The molecule has 0 aromatic heterocycles. The van der Waals surface area contributed by atoms with Gasteiger partial charge in [0.05, 0.1) is 11.4 Å². The Balaban J connectivity index is 1.70. The second-order valence-corrected chi connectivity index (χ2v) is 7.87. The van der Waals surface area contributed by atoms with Crippen LogP contribution in [0.15, 0.2) is 18.2 Å². The summed E-state index contributed by atoms with van der Waals surface area (Å²) in [5.41, 5.74) is 2.13. The Hall–Kier alpha value is -2.57. The molecule has 144 valence electrons. The van der Waals surface area contributed by atoms with Crippen molar-refractivity contribution in [1.29, 1.82) is 0 Å². The van der Waals surface area contributed by atoms with Crippen molar-refractivity contribution in [3.8, 4) is 0 Å². The van der Waals surface area contributed by atoms with E-state index in [-0.39, 0.29) is 36.3 Å². The smallest absolute Gasteiger partial charge is 0.253 e. The molecule has 3 aliphatic rings. The summed E-state index contributed by atoms with van der Waals surface area (Å²) in [5.74, 6) is -0.290. The number of carbonyl (C=O) groups is 3. The molecule has 1 atom stereocenters. The second kappa shape index (κ2) is 6.87. The van der Waals surface area contributed by atoms with E-state index in [1.54, 1.807) is 25.1 Å². The Bertz CT molecular complexity index is 787. The number of hydrogen-bond donors (Lipinski definition) is 1. The van der Waals surface area contributed by atoms with Crippen molar-refractivity contribution in [2.24, 2.45) is 0 Å². The number of nitrogens with zero attached hydrogens (tertiary/aromatic N) is 3. The average molecular weight is 370 g/mol. The number of rotatable bonds is 4. The molecule has 1 unspecified atom stereocenters. The number of benzene rings is 1. The predicted octanol–water partition coefficient (Wildman–Crippen LogP) is 1.37. The summed E-state index contributed by atoms with van der Waals surface area (Å²) in [6.07, 6.45) is 4.88. The van der Waals surface area contributed by atoms with Crippen LogP contribution in [0.3, 0.4) is 0 Å². The van der Waals surface area contributed by atoms with Crippen LogP contribution >= 0.6 is 0 Å². The van der Waals surface area contributed by atoms with Gasteiger partial charge in [0.25, 0.3) is 5.91 Å². The van der Waals surface area contributed by atoms with Crippen molar-refractivity contribution in [1.82, 2.24) is 10.2 Å². The minimum Gasteiger partial charge on any atom is -0.358 e. The average Bonchev–Trinajstić information content (AvgIpc) is 3.48. The summed E-state index contributed by atoms with van der Waals surface area (Å²) < 4.78 is 0. The zero-order chi connectivity index (χ0) is 19.1. The molecule has 3 amide bonds. The normalized spacial score (nSPS) is 21.4. The monoisotopic (exact) mass is 370 g/mol. The van der Waals surface area contributed by atoms with E-state index < -0.39 is 0 Å². The number of anilines is 2. The lowest BCUT2D eigenvalue weighted by Gasteiger charge is -2.45. The standard InChI is InChI=1S/C20H26N4O3/c1-22(2)19(26)13-6-9-15-17(11-13)24(12-18(25)21-14-7-8-14)20(27)16-5-3-4-10-23(15)16/h6,9,11,14,16H,3-5,7-8,10,12H2,1-2H3,(H,21,25). The minimum atomic E-state index is -0.213. The van der Waals surface area contributed by atoms with Gasteiger partial charge in [0.2, 0.25) is 11.8 Å². The molecular formula is C20H26N4O3. The molecule has 1 aromatic carbocycles. The van der Waals surface area contributed by atoms with E-state index in [4.69, 9.17) is 0 Å². The van der Waals surface area contributed by atoms with Crippen molar-refractivity contribution in [3.63, 3.8) is 0 Å². The first-order chi connectivity index (χ1) is 13.0. The number of amides is 3. The third kappa shape index (κ3) is 3.38. The first kappa shape index (κ1) is 17.8. The minimum absolute atomic E-state index is 0.00623. The maximum atomic E-state index is 13.2. The van der Waals surface area contributed by atoms with Crippen LogP contribution in [0.25, 0.3) is 0 Å². The largest absolute Gasteiger partial charge is 0.358 e. The summed E-state index contributed by atoms with van der Waals surface area (Å²) in [6.45, 7) is 0.832. The van der Waals surface area contributed by atoms with Gasteiger partial charge in [0.15, 0.2) is 0 Å². The van der Waals surface area contributed by atoms with Crippen LogP contribution in [0, 0.1) is 0 Å². The van der Waals surface area contributed by atoms with Crippen molar-refractivity contribution in [2.75, 3.05) is 37.0 Å². The summed E-state index contributed by atoms with van der Waals surface area (Å²) in [5, 5.41) is 2.96. The molecule has 4 rings (SSSR count). The summed E-state index contributed by atoms with van der Waals surface area (Å²) in [7, 11) is 3.41. The molecule has 0 radical (unpaired) electrons. The van der Waals surface area contributed by atoms with Gasteiger partial charge in [0, 0.05) is 32.2 Å². The zero-order valence-electron chi connectivity index (χ0n) is 15.9. The Labute approximate surface area is 159 Å². The molecule has 27 heavy (non-hydrogen) atoms. The van der Waals surface area contributed by atoms with E-state index in [1.807, 2.05) is 12.1 Å². The molecule has 2 heterocycles. The summed E-state index contributed by atoms with van der Waals surface area (Å²) >= 11 is 0. The maximum absolute atomic E-state index is 13.2. The SMILES string of the molecule is CN(C)C(=O)c1ccc2c(c1)N(CC(=O)NC1CC1)C(=O)C1CCCCN21. The quantitative estimate of drug-likeness (QED) is 0.869. The molecule has 2 aliphatic heterocycles. The van der Waals surface area contributed by atoms with Crippen LogP contribution in [0.5, 0.6) is 0 Å². The first-order valence-corrected chi connectivity index (χ1v) is 9.69. The van der Waals surface area contributed by atoms with Crippen molar-refractivity contribution >= 4 is 29.1 Å². The van der Waals surface area contributed by atoms with E-state index in [9.17, 15) is 14.4 Å². The second-order valence-electron chi connectivity index (χ2n) is 7.87. The third-order valence-electron chi connectivity index (χ3n) is 5.53. The molecule has 1 saturated heterocycles. The van der Waals surface area contributed by atoms with Crippen LogP contribution in [-0.4, -0.2) is 61.9 Å². The molecule has 2 fully saturated rings. The highest BCUT2D eigenvalue weighted by atomic mass is 16.2. The first-order valence-electron chi connectivity index (χ1n) is 9.69. The van der Waals surface area contributed by atoms with Gasteiger partial charge in [-0.25, -0.2) is 0 Å². The number of hydrogen-bond acceptors (Lipinski definition) is 4. The van der Waals surface area contributed by atoms with Gasteiger partial charge in [-0.1, -0.05) is 0 Å². The predicted molar refractivity (Wildman–Crippen MR) is 103 cm³/mol. The van der Waals surface area contributed by atoms with E-state index in [0.717, 1.165) is 44.3 Å². The van der Waals surface area contributed by atoms with Crippen molar-refractivity contribution < 1.29 is 14.4 Å². The fraction of sp³-hybridized carbons (Fsp3) is 0.550. The van der Waals surface area contributed by atoms with E-state index >= 15 is 0 Å². The molecule has 7 nitrogen and oxygen atoms in total. The highest BCUT2D eigenvalue weighted by molar-refractivity contribution is 6.09. The summed E-state index contributed by atoms with van der Waals surface area (Å²) in [6, 6.07) is 5.53. The molecule has 1 N–H and O–H groups in total. The highest BCUT2D eigenvalue weighted by Crippen LogP contribution is 2.40. The zero-order valence-corrected chi connectivity index (χ0v) is 15.9. The Morgan fingerprint density at radius 3 is 2.63 bits per heavy atom. The Morgan fingerprint density at radius 2 is 1.93 bits per heavy atom. The van der Waals surface area contributed by atoms with Gasteiger partial charge in [-0.2, -0.15) is 0 Å². The van der Waals surface area contributed by atoms with Crippen LogP contribution in [0.1, 0.15) is 42.5 Å². The fourth-order valence-electron chi connectivity index (χ4n) is 3.96. The highest BCUT2D eigenvalue weighted by Gasteiger charge is 2.40. The van der Waals surface area contributed by atoms with Gasteiger partial charge in [0.1, 0.15) is 12.6 Å². The van der Waals surface area contributed by atoms with Gasteiger partial charge >= 0.3 is 0 Å². The molecule has 7 heteroatoms. The van der Waals surface area contributed by atoms with Gasteiger partial charge in [-0.3, -0.25) is 19.3 Å². The van der Waals surface area contributed by atoms with Crippen LogP contribution in [0.2, 0.25) is 0 Å². The summed E-state index contributed by atoms with van der Waals surface area (Å²) in [4.78, 5) is 43.2. The van der Waals surface area contributed by atoms with E-state index in [0.29, 0.717) is 11.3 Å². The van der Waals surface area contributed by atoms with Crippen LogP contribution in [-0.2, 0) is 9.59 Å². The Kier molecular flexibility index (Phi) is 4.53. The topological polar surface area (TPSA) is 73.0 Å². The fourth-order valence-corrected chi connectivity index (χ4v) is 3.96. The molecular weight excluding hydrogens is 344 g/mol. The van der Waals surface area contributed by atoms with Gasteiger partial charge in [-0.05, 0) is 50.3 Å². The molecule has 0 spiro atoms. The lowest BCUT2D eigenvalue weighted by atomic mass is 9.95. The number of piperidine rings is 1. The van der Waals surface area contributed by atoms with Crippen molar-refractivity contribution in [2.45, 2.75) is 44.2 Å². The van der Waals surface area contributed by atoms with Gasteiger partial charge < -0.3 is 15.1 Å². The lowest BCUT2D eigenvalue weighted by molar-refractivity contribution is -0.125. The lowest BCUT2D eigenvalue weighted by Crippen LogP contribution is -2.57. The van der Waals surface area contributed by atoms with Gasteiger partial charge in [-0.15, -0.1) is 0 Å². The van der Waals surface area contributed by atoms with Crippen LogP contribution < -0.4 is 15.1 Å². The maximum Gasteiger partial charge on any atom is 0.253 e. The molecule has 0 bridgehead atoms. The number of nitrogens with one attached hydrogen (secondary N) is 1. The number of carbonyl (C=O) groups excluding carboxylic acids is 3. The van der Waals surface area contributed by atoms with E-state index in [1.165, 1.54) is 4.90 Å². The Morgan fingerprint density at radius 1 is 1.15 bits per heavy atom. The molecule has 1 aliphatic carbocycles. The molecule has 1 aromatic rings. The molecule has 1 saturated carbocycles.